The van der Waals surface area contributed by atoms with Gasteiger partial charge in [-0.05, 0) is 65.3 Å². The minimum atomic E-state index is -0.145. The number of rotatable bonds is 5. The molecule has 1 saturated heterocycles. The Hall–Kier alpha value is -2.86. The van der Waals surface area contributed by atoms with Crippen LogP contribution < -0.4 is 9.64 Å². The summed E-state index contributed by atoms with van der Waals surface area (Å²) in [5, 5.41) is 0.661. The summed E-state index contributed by atoms with van der Waals surface area (Å²) in [4.78, 5) is 15.3. The number of hydrogen-bond acceptors (Lipinski definition) is 4. The van der Waals surface area contributed by atoms with Crippen LogP contribution in [0.3, 0.4) is 0 Å². The molecular formula is C25H18ClNO2S2. The van der Waals surface area contributed by atoms with Crippen molar-refractivity contribution in [3.05, 3.63) is 106 Å². The van der Waals surface area contributed by atoms with Crippen LogP contribution in [0.5, 0.6) is 5.75 Å². The Morgan fingerprint density at radius 3 is 2.32 bits per heavy atom. The third kappa shape index (κ3) is 4.90. The quantitative estimate of drug-likeness (QED) is 0.235. The second-order valence-electron chi connectivity index (χ2n) is 6.73. The van der Waals surface area contributed by atoms with Gasteiger partial charge >= 0.3 is 0 Å². The first kappa shape index (κ1) is 21.4. The maximum Gasteiger partial charge on any atom is 0.270 e. The number of ether oxygens (including phenoxy) is 1. The molecule has 0 aromatic heterocycles. The van der Waals surface area contributed by atoms with E-state index in [-0.39, 0.29) is 5.91 Å². The fraction of sp³-hybridized carbons (Fsp3) is 0.0400. The van der Waals surface area contributed by atoms with E-state index in [1.54, 1.807) is 12.0 Å². The van der Waals surface area contributed by atoms with E-state index in [0.29, 0.717) is 19.9 Å². The summed E-state index contributed by atoms with van der Waals surface area (Å²) in [5.41, 5.74) is 3.61. The molecule has 3 aromatic carbocycles. The number of carbonyl (C=O) groups excluding carboxylic acids is 1. The van der Waals surface area contributed by atoms with Crippen molar-refractivity contribution in [1.82, 2.24) is 0 Å². The molecule has 0 radical (unpaired) electrons. The van der Waals surface area contributed by atoms with Crippen LogP contribution in [0.25, 0.3) is 11.6 Å². The molecule has 0 unspecified atom stereocenters. The molecule has 0 aliphatic carbocycles. The molecule has 1 aliphatic heterocycles. The highest BCUT2D eigenvalue weighted by atomic mass is 35.5. The summed E-state index contributed by atoms with van der Waals surface area (Å²) < 4.78 is 5.70. The third-order valence-corrected chi connectivity index (χ3v) is 6.26. The van der Waals surface area contributed by atoms with Crippen LogP contribution in [0.4, 0.5) is 5.69 Å². The highest BCUT2D eigenvalue weighted by Crippen LogP contribution is 2.37. The molecule has 0 bridgehead atoms. The highest BCUT2D eigenvalue weighted by molar-refractivity contribution is 8.27. The molecule has 0 N–H and O–H groups in total. The molecule has 1 fully saturated rings. The van der Waals surface area contributed by atoms with E-state index in [1.807, 2.05) is 91.0 Å². The van der Waals surface area contributed by atoms with Crippen LogP contribution in [0.1, 0.15) is 11.1 Å². The second-order valence-corrected chi connectivity index (χ2v) is 8.84. The van der Waals surface area contributed by atoms with Gasteiger partial charge in [0.2, 0.25) is 0 Å². The molecule has 0 saturated carbocycles. The number of methoxy groups -OCH3 is 1. The molecule has 3 aromatic rings. The summed E-state index contributed by atoms with van der Waals surface area (Å²) in [5.74, 6) is 0.577. The van der Waals surface area contributed by atoms with Crippen LogP contribution in [-0.2, 0) is 4.79 Å². The van der Waals surface area contributed by atoms with Crippen molar-refractivity contribution in [2.45, 2.75) is 0 Å². The lowest BCUT2D eigenvalue weighted by Crippen LogP contribution is -2.27. The predicted octanol–water partition coefficient (Wildman–Crippen LogP) is 6.84. The summed E-state index contributed by atoms with van der Waals surface area (Å²) in [6.07, 6.45) is 3.93. The summed E-state index contributed by atoms with van der Waals surface area (Å²) in [7, 11) is 1.61. The first-order valence-corrected chi connectivity index (χ1v) is 11.1. The van der Waals surface area contributed by atoms with Gasteiger partial charge in [0, 0.05) is 5.02 Å². The number of thioether (sulfide) groups is 1. The Labute approximate surface area is 196 Å². The summed E-state index contributed by atoms with van der Waals surface area (Å²) in [6.45, 7) is 0. The van der Waals surface area contributed by atoms with Gasteiger partial charge in [0.05, 0.1) is 17.7 Å². The lowest BCUT2D eigenvalue weighted by Gasteiger charge is -2.14. The molecule has 6 heteroatoms. The van der Waals surface area contributed by atoms with E-state index >= 15 is 0 Å². The van der Waals surface area contributed by atoms with Crippen LogP contribution in [0, 0.1) is 0 Å². The highest BCUT2D eigenvalue weighted by Gasteiger charge is 2.33. The van der Waals surface area contributed by atoms with Gasteiger partial charge in [-0.25, -0.2) is 0 Å². The van der Waals surface area contributed by atoms with Gasteiger partial charge in [-0.3, -0.25) is 9.69 Å². The number of amides is 1. The smallest absolute Gasteiger partial charge is 0.270 e. The van der Waals surface area contributed by atoms with E-state index in [0.717, 1.165) is 22.4 Å². The van der Waals surface area contributed by atoms with Crippen LogP contribution >= 0.6 is 35.6 Å². The normalized spacial score (nSPS) is 15.6. The fourth-order valence-corrected chi connectivity index (χ4v) is 4.56. The predicted molar refractivity (Wildman–Crippen MR) is 135 cm³/mol. The molecule has 3 nitrogen and oxygen atoms in total. The van der Waals surface area contributed by atoms with E-state index < -0.39 is 0 Å². The van der Waals surface area contributed by atoms with E-state index in [4.69, 9.17) is 28.6 Å². The zero-order valence-corrected chi connectivity index (χ0v) is 19.0. The number of nitrogens with zero attached hydrogens (tertiary/aromatic N) is 1. The standard InChI is InChI=1S/C25H18ClNO2S2/c1-29-22-13-11-21(12-14-22)27-24(28)23(31-25(27)30)16-19(15-17-5-3-2-4-6-17)18-7-9-20(26)10-8-18/h2-16H,1H3/b19-15+,23-16+. The van der Waals surface area contributed by atoms with Gasteiger partial charge in [0.15, 0.2) is 4.32 Å². The Balaban J connectivity index is 1.71. The number of carbonyl (C=O) groups is 1. The topological polar surface area (TPSA) is 29.5 Å². The lowest BCUT2D eigenvalue weighted by atomic mass is 10.0. The molecular weight excluding hydrogens is 446 g/mol. The molecule has 154 valence electrons. The van der Waals surface area contributed by atoms with Gasteiger partial charge in [-0.15, -0.1) is 0 Å². The fourth-order valence-electron chi connectivity index (χ4n) is 3.14. The number of allylic oxidation sites excluding steroid dienone is 2. The third-order valence-electron chi connectivity index (χ3n) is 4.71. The number of benzene rings is 3. The van der Waals surface area contributed by atoms with Crippen molar-refractivity contribution >= 4 is 63.1 Å². The molecule has 31 heavy (non-hydrogen) atoms. The van der Waals surface area contributed by atoms with Crippen molar-refractivity contribution in [2.75, 3.05) is 12.0 Å². The number of thiocarbonyl (C=S) groups is 1. The largest absolute Gasteiger partial charge is 0.497 e. The molecule has 0 atom stereocenters. The SMILES string of the molecule is COc1ccc(N2C(=O)/C(=C\C(=C/c3ccccc3)c3ccc(Cl)cc3)SC2=S)cc1. The monoisotopic (exact) mass is 463 g/mol. The van der Waals surface area contributed by atoms with E-state index in [9.17, 15) is 4.79 Å². The zero-order chi connectivity index (χ0) is 21.8. The van der Waals surface area contributed by atoms with Gasteiger partial charge in [0.25, 0.3) is 5.91 Å². The van der Waals surface area contributed by atoms with Crippen LogP contribution in [0.15, 0.2) is 89.8 Å². The van der Waals surface area contributed by atoms with Crippen molar-refractivity contribution in [3.8, 4) is 5.75 Å². The van der Waals surface area contributed by atoms with Gasteiger partial charge < -0.3 is 4.74 Å². The molecule has 0 spiro atoms. The Kier molecular flexibility index (Phi) is 6.56. The van der Waals surface area contributed by atoms with Gasteiger partial charge in [0.1, 0.15) is 5.75 Å². The van der Waals surface area contributed by atoms with Crippen LogP contribution in [0.2, 0.25) is 5.02 Å². The lowest BCUT2D eigenvalue weighted by molar-refractivity contribution is -0.113. The number of hydrogen-bond donors (Lipinski definition) is 0. The zero-order valence-electron chi connectivity index (χ0n) is 16.6. The number of anilines is 1. The maximum atomic E-state index is 13.2. The van der Waals surface area contributed by atoms with Crippen molar-refractivity contribution in [2.24, 2.45) is 0 Å². The van der Waals surface area contributed by atoms with E-state index in [1.165, 1.54) is 11.8 Å². The minimum Gasteiger partial charge on any atom is -0.497 e. The second kappa shape index (κ2) is 9.52. The Morgan fingerprint density at radius 2 is 1.68 bits per heavy atom. The van der Waals surface area contributed by atoms with Gasteiger partial charge in [-0.2, -0.15) is 0 Å². The van der Waals surface area contributed by atoms with Crippen molar-refractivity contribution in [1.29, 1.82) is 0 Å². The van der Waals surface area contributed by atoms with Crippen molar-refractivity contribution in [3.63, 3.8) is 0 Å². The first-order valence-electron chi connectivity index (χ1n) is 9.50. The summed E-state index contributed by atoms with van der Waals surface area (Å²) in [6, 6.07) is 24.8. The average molecular weight is 464 g/mol. The number of halogens is 1. The summed E-state index contributed by atoms with van der Waals surface area (Å²) >= 11 is 12.9. The minimum absolute atomic E-state index is 0.145. The maximum absolute atomic E-state index is 13.2. The average Bonchev–Trinajstić information content (AvgIpc) is 3.07. The van der Waals surface area contributed by atoms with Gasteiger partial charge in [-0.1, -0.05) is 78.0 Å². The Morgan fingerprint density at radius 1 is 1.00 bits per heavy atom. The molecule has 1 aliphatic rings. The molecule has 4 rings (SSSR count). The Bertz CT molecular complexity index is 1170. The van der Waals surface area contributed by atoms with Crippen LogP contribution in [-0.4, -0.2) is 17.3 Å². The molecule has 1 heterocycles. The molecule has 1 amide bonds. The van der Waals surface area contributed by atoms with E-state index in [2.05, 4.69) is 0 Å². The first-order chi connectivity index (χ1) is 15.0. The van der Waals surface area contributed by atoms with Crippen molar-refractivity contribution < 1.29 is 9.53 Å².